The fourth-order valence-corrected chi connectivity index (χ4v) is 0.899. The van der Waals surface area contributed by atoms with Crippen LogP contribution in [0.4, 0.5) is 0 Å². The number of Topliss-reactive ketones (excluding diaryl/α,β-unsaturated/α-hetero) is 1. The fourth-order valence-electron chi connectivity index (χ4n) is 0.899. The Bertz CT molecular complexity index is 331. The Balaban J connectivity index is -0.000000241. The van der Waals surface area contributed by atoms with Crippen LogP contribution in [0.15, 0.2) is 0 Å². The van der Waals surface area contributed by atoms with Crippen LogP contribution in [-0.2, 0) is 28.7 Å². The molecule has 2 amide bonds. The highest BCUT2D eigenvalue weighted by Gasteiger charge is 2.10. The Labute approximate surface area is 133 Å². The monoisotopic (exact) mass is 324 g/mol. The van der Waals surface area contributed by atoms with E-state index in [4.69, 9.17) is 0 Å². The van der Waals surface area contributed by atoms with Crippen LogP contribution in [0.25, 0.3) is 0 Å². The van der Waals surface area contributed by atoms with Gasteiger partial charge in [0.05, 0.1) is 13.1 Å². The molecule has 0 aliphatic carbocycles. The first kappa shape index (κ1) is 32.1. The summed E-state index contributed by atoms with van der Waals surface area (Å²) in [6.07, 6.45) is -0.711. The summed E-state index contributed by atoms with van der Waals surface area (Å²) in [5.41, 5.74) is 0. The number of carbonyl (C=O) groups excluding carboxylic acids is 4. The average Bonchev–Trinajstić information content (AvgIpc) is 2.25. The Morgan fingerprint density at radius 1 is 0.864 bits per heavy atom. The molecule has 0 fully saturated rings. The molecular weight excluding hydrogens is 292 g/mol. The Kier molecular flexibility index (Phi) is 27.8. The maximum absolute atomic E-state index is 11.1. The van der Waals surface area contributed by atoms with Gasteiger partial charge in [0.15, 0.2) is 6.79 Å². The molecule has 2 N–H and O–H groups in total. The number of nitrogens with one attached hydrogen (secondary N) is 2. The predicted octanol–water partition coefficient (Wildman–Crippen LogP) is 1.24. The number of hydrogen-bond donors (Lipinski definition) is 2. The minimum absolute atomic E-state index is 0. The van der Waals surface area contributed by atoms with Crippen molar-refractivity contribution in [2.45, 2.75) is 49.5 Å². The van der Waals surface area contributed by atoms with Gasteiger partial charge >= 0.3 is 5.97 Å². The minimum Gasteiger partial charge on any atom is -0.438 e. The summed E-state index contributed by atoms with van der Waals surface area (Å²) in [5.74, 6) is -2.10. The zero-order valence-corrected chi connectivity index (χ0v) is 10.3. The second-order valence-electron chi connectivity index (χ2n) is 3.36. The highest BCUT2D eigenvalue weighted by Crippen LogP contribution is 1.86. The van der Waals surface area contributed by atoms with Crippen molar-refractivity contribution >= 4 is 23.6 Å². The van der Waals surface area contributed by atoms with Gasteiger partial charge in [0, 0.05) is 7.11 Å². The number of esters is 1. The second kappa shape index (κ2) is 19.0. The molecule has 134 valence electrons. The maximum Gasteiger partial charge on any atom is 0.317 e. The molecule has 0 rings (SSSR count). The minimum atomic E-state index is -0.732. The Morgan fingerprint density at radius 3 is 1.73 bits per heavy atom. The van der Waals surface area contributed by atoms with Crippen molar-refractivity contribution in [2.24, 2.45) is 0 Å². The summed E-state index contributed by atoms with van der Waals surface area (Å²) in [6.45, 7) is 0.911. The quantitative estimate of drug-likeness (QED) is 0.395. The zero-order valence-electron chi connectivity index (χ0n) is 10.3. The average molecular weight is 324 g/mol. The Hall–Kier alpha value is -1.96. The molecule has 8 nitrogen and oxygen atoms in total. The van der Waals surface area contributed by atoms with Crippen molar-refractivity contribution in [3.63, 3.8) is 0 Å². The van der Waals surface area contributed by atoms with E-state index in [1.807, 2.05) is 0 Å². The summed E-state index contributed by atoms with van der Waals surface area (Å²) in [5, 5.41) is 4.56. The van der Waals surface area contributed by atoms with Gasteiger partial charge < -0.3 is 20.1 Å². The molecule has 22 heavy (non-hydrogen) atoms. The van der Waals surface area contributed by atoms with E-state index in [0.29, 0.717) is 0 Å². The number of rotatable bonds is 8. The molecule has 0 radical (unpaired) electrons. The highest BCUT2D eigenvalue weighted by atomic mass is 16.7. The van der Waals surface area contributed by atoms with Gasteiger partial charge in [-0.1, -0.05) is 29.7 Å². The summed E-state index contributed by atoms with van der Waals surface area (Å²) >= 11 is 0. The van der Waals surface area contributed by atoms with Gasteiger partial charge in [0.1, 0.15) is 12.2 Å². The molecule has 0 saturated heterocycles. The standard InChI is InChI=1S/C10H16N2O6.4CH4/c1-7(13)3-8(14)11-5-12-9(15)4-10(16)18-6-17-2;;;;/h3-6H2,1-2H3,(H,11,14)(H,12,15);4*1H4. The van der Waals surface area contributed by atoms with Gasteiger partial charge in [-0.2, -0.15) is 0 Å². The van der Waals surface area contributed by atoms with Crippen LogP contribution in [0.1, 0.15) is 49.5 Å². The van der Waals surface area contributed by atoms with E-state index in [0.717, 1.165) is 0 Å². The third-order valence-electron chi connectivity index (χ3n) is 1.62. The summed E-state index contributed by atoms with van der Waals surface area (Å²) < 4.78 is 8.97. The molecule has 0 unspecified atom stereocenters. The zero-order chi connectivity index (χ0) is 14.0. The molecule has 0 aromatic carbocycles. The fraction of sp³-hybridized carbons (Fsp3) is 0.714. The van der Waals surface area contributed by atoms with Crippen molar-refractivity contribution in [3.8, 4) is 0 Å². The lowest BCUT2D eigenvalue weighted by molar-refractivity contribution is -0.155. The van der Waals surface area contributed by atoms with Crippen LogP contribution < -0.4 is 10.6 Å². The van der Waals surface area contributed by atoms with E-state index in [-0.39, 0.29) is 55.4 Å². The van der Waals surface area contributed by atoms with E-state index < -0.39 is 24.2 Å². The lowest BCUT2D eigenvalue weighted by Crippen LogP contribution is -2.38. The molecule has 0 aromatic heterocycles. The number of ether oxygens (including phenoxy) is 2. The largest absolute Gasteiger partial charge is 0.438 e. The first-order valence-corrected chi connectivity index (χ1v) is 5.13. The van der Waals surface area contributed by atoms with Gasteiger partial charge in [-0.15, -0.1) is 0 Å². The van der Waals surface area contributed by atoms with Gasteiger partial charge in [0.25, 0.3) is 0 Å². The van der Waals surface area contributed by atoms with Crippen molar-refractivity contribution in [1.29, 1.82) is 0 Å². The third-order valence-corrected chi connectivity index (χ3v) is 1.62. The van der Waals surface area contributed by atoms with Crippen LogP contribution in [-0.4, -0.2) is 44.1 Å². The van der Waals surface area contributed by atoms with Crippen molar-refractivity contribution in [2.75, 3.05) is 20.6 Å². The van der Waals surface area contributed by atoms with Crippen molar-refractivity contribution in [3.05, 3.63) is 0 Å². The number of amides is 2. The molecule has 0 aliphatic heterocycles. The van der Waals surface area contributed by atoms with Crippen LogP contribution in [0.2, 0.25) is 0 Å². The molecular formula is C14H32N2O6. The van der Waals surface area contributed by atoms with Crippen molar-refractivity contribution in [1.82, 2.24) is 10.6 Å². The molecule has 8 heteroatoms. The van der Waals surface area contributed by atoms with Crippen LogP contribution in [0.3, 0.4) is 0 Å². The highest BCUT2D eigenvalue weighted by molar-refractivity contribution is 5.97. The Morgan fingerprint density at radius 2 is 1.32 bits per heavy atom. The number of carbonyl (C=O) groups is 4. The molecule has 0 atom stereocenters. The van der Waals surface area contributed by atoms with Crippen LogP contribution in [0.5, 0.6) is 0 Å². The molecule has 0 aliphatic rings. The lowest BCUT2D eigenvalue weighted by atomic mass is 10.3. The third kappa shape index (κ3) is 20.4. The molecule has 0 saturated carbocycles. The topological polar surface area (TPSA) is 111 Å². The molecule has 0 spiro atoms. The summed E-state index contributed by atoms with van der Waals surface area (Å²) in [6, 6.07) is 0. The van der Waals surface area contributed by atoms with Crippen LogP contribution in [0, 0.1) is 0 Å². The number of methoxy groups -OCH3 is 1. The summed E-state index contributed by atoms with van der Waals surface area (Å²) in [4.78, 5) is 43.7. The SMILES string of the molecule is C.C.C.C.COCOC(=O)CC(=O)NCNC(=O)CC(C)=O. The number of hydrogen-bond acceptors (Lipinski definition) is 6. The van der Waals surface area contributed by atoms with Gasteiger partial charge in [0.2, 0.25) is 11.8 Å². The van der Waals surface area contributed by atoms with Gasteiger partial charge in [-0.25, -0.2) is 0 Å². The molecule has 0 bridgehead atoms. The van der Waals surface area contributed by atoms with E-state index >= 15 is 0 Å². The smallest absolute Gasteiger partial charge is 0.317 e. The maximum atomic E-state index is 11.1. The molecule has 0 aromatic rings. The first-order valence-electron chi connectivity index (χ1n) is 5.13. The number of ketones is 1. The van der Waals surface area contributed by atoms with E-state index in [9.17, 15) is 19.2 Å². The predicted molar refractivity (Wildman–Crippen MR) is 86.0 cm³/mol. The second-order valence-corrected chi connectivity index (χ2v) is 3.36. The normalized spacial score (nSPS) is 7.73. The lowest BCUT2D eigenvalue weighted by Gasteiger charge is -2.06. The van der Waals surface area contributed by atoms with Gasteiger partial charge in [-0.3, -0.25) is 19.2 Å². The van der Waals surface area contributed by atoms with E-state index in [1.54, 1.807) is 0 Å². The van der Waals surface area contributed by atoms with Crippen LogP contribution >= 0.6 is 0 Å². The van der Waals surface area contributed by atoms with E-state index in [1.165, 1.54) is 14.0 Å². The van der Waals surface area contributed by atoms with Crippen molar-refractivity contribution < 1.29 is 28.7 Å². The van der Waals surface area contributed by atoms with E-state index in [2.05, 4.69) is 20.1 Å². The van der Waals surface area contributed by atoms with Gasteiger partial charge in [-0.05, 0) is 6.92 Å². The molecule has 0 heterocycles. The first-order chi connectivity index (χ1) is 8.45. The summed E-state index contributed by atoms with van der Waals surface area (Å²) in [7, 11) is 1.35.